The number of aryl methyl sites for hydroxylation is 1. The summed E-state index contributed by atoms with van der Waals surface area (Å²) in [5.41, 5.74) is 4.85. The van der Waals surface area contributed by atoms with Gasteiger partial charge in [0.2, 0.25) is 6.79 Å². The number of allylic oxidation sites excluding steroid dienone is 1. The summed E-state index contributed by atoms with van der Waals surface area (Å²) >= 11 is 0. The summed E-state index contributed by atoms with van der Waals surface area (Å²) in [4.78, 5) is 0. The van der Waals surface area contributed by atoms with Gasteiger partial charge in [-0.1, -0.05) is 12.1 Å². The van der Waals surface area contributed by atoms with Crippen LogP contribution in [-0.4, -0.2) is 11.4 Å². The lowest BCUT2D eigenvalue weighted by atomic mass is 10.0. The third-order valence-electron chi connectivity index (χ3n) is 4.64. The van der Waals surface area contributed by atoms with E-state index in [9.17, 15) is 9.65 Å². The average molecular weight is 360 g/mol. The molecule has 0 fully saturated rings. The molecule has 134 valence electrons. The van der Waals surface area contributed by atoms with E-state index in [1.807, 2.05) is 38.1 Å². The molecule has 1 aliphatic rings. The van der Waals surface area contributed by atoms with Crippen LogP contribution in [0, 0.1) is 31.0 Å². The van der Waals surface area contributed by atoms with Crippen molar-refractivity contribution >= 4 is 11.6 Å². The Morgan fingerprint density at radius 3 is 2.70 bits per heavy atom. The van der Waals surface area contributed by atoms with Crippen LogP contribution in [0.2, 0.25) is 0 Å². The van der Waals surface area contributed by atoms with Gasteiger partial charge in [-0.25, -0.2) is 4.39 Å². The van der Waals surface area contributed by atoms with Gasteiger partial charge in [-0.05, 0) is 61.4 Å². The Balaban J connectivity index is 1.78. The lowest BCUT2D eigenvalue weighted by Gasteiger charge is -2.10. The first kappa shape index (κ1) is 16.9. The molecule has 0 bridgehead atoms. The molecule has 0 unspecified atom stereocenters. The fourth-order valence-corrected chi connectivity index (χ4v) is 3.35. The van der Waals surface area contributed by atoms with Gasteiger partial charge in [0.05, 0.1) is 11.6 Å². The molecule has 0 N–H and O–H groups in total. The van der Waals surface area contributed by atoms with Crippen molar-refractivity contribution in [3.63, 3.8) is 0 Å². The summed E-state index contributed by atoms with van der Waals surface area (Å²) in [6.45, 7) is 4.22. The fraction of sp³-hybridized carbons (Fsp3) is 0.136. The zero-order valence-corrected chi connectivity index (χ0v) is 15.0. The van der Waals surface area contributed by atoms with Gasteiger partial charge in [0.15, 0.2) is 11.5 Å². The van der Waals surface area contributed by atoms with Crippen molar-refractivity contribution in [3.05, 3.63) is 76.9 Å². The Morgan fingerprint density at radius 1 is 1.11 bits per heavy atom. The number of halogens is 1. The van der Waals surface area contributed by atoms with Crippen LogP contribution in [0.4, 0.5) is 4.39 Å². The molecule has 0 radical (unpaired) electrons. The Morgan fingerprint density at radius 2 is 1.93 bits per heavy atom. The van der Waals surface area contributed by atoms with E-state index in [-0.39, 0.29) is 12.6 Å². The highest BCUT2D eigenvalue weighted by molar-refractivity contribution is 5.90. The van der Waals surface area contributed by atoms with Crippen LogP contribution in [0.5, 0.6) is 11.5 Å². The van der Waals surface area contributed by atoms with Crippen molar-refractivity contribution < 1.29 is 13.9 Å². The highest BCUT2D eigenvalue weighted by Crippen LogP contribution is 2.35. The zero-order valence-electron chi connectivity index (χ0n) is 15.0. The summed E-state index contributed by atoms with van der Waals surface area (Å²) < 4.78 is 26.5. The molecule has 1 aromatic heterocycles. The van der Waals surface area contributed by atoms with Gasteiger partial charge in [0.1, 0.15) is 5.82 Å². The number of benzene rings is 2. The number of nitriles is 1. The smallest absolute Gasteiger partial charge is 0.231 e. The van der Waals surface area contributed by atoms with E-state index in [0.29, 0.717) is 11.1 Å². The van der Waals surface area contributed by atoms with Crippen LogP contribution in [0.1, 0.15) is 22.5 Å². The molecule has 1 aliphatic heterocycles. The first-order valence-electron chi connectivity index (χ1n) is 8.53. The molecule has 4 nitrogen and oxygen atoms in total. The molecule has 0 saturated heterocycles. The third kappa shape index (κ3) is 3.06. The van der Waals surface area contributed by atoms with E-state index in [4.69, 9.17) is 9.47 Å². The predicted octanol–water partition coefficient (Wildman–Crippen LogP) is 5.03. The number of ether oxygens (including phenoxy) is 2. The molecule has 2 aromatic carbocycles. The van der Waals surface area contributed by atoms with Crippen molar-refractivity contribution in [2.24, 2.45) is 0 Å². The zero-order chi connectivity index (χ0) is 19.0. The van der Waals surface area contributed by atoms with Crippen molar-refractivity contribution in [1.82, 2.24) is 4.57 Å². The van der Waals surface area contributed by atoms with Crippen LogP contribution in [0.3, 0.4) is 0 Å². The maximum atomic E-state index is 13.5. The molecule has 0 saturated carbocycles. The lowest BCUT2D eigenvalue weighted by molar-refractivity contribution is 0.174. The van der Waals surface area contributed by atoms with Gasteiger partial charge in [-0.15, -0.1) is 0 Å². The molecule has 3 aromatic rings. The van der Waals surface area contributed by atoms with E-state index in [1.165, 1.54) is 12.1 Å². The second-order valence-corrected chi connectivity index (χ2v) is 6.38. The standard InChI is InChI=1S/C22H17FN2O2/c1-14-8-17(9-18(12-24)16-4-3-5-19(23)10-16)15(2)25(14)20-6-7-21-22(11-20)27-13-26-21/h3-11H,13H2,1-2H3/b18-9-. The maximum Gasteiger partial charge on any atom is 0.231 e. The van der Waals surface area contributed by atoms with Gasteiger partial charge < -0.3 is 14.0 Å². The molecule has 0 aliphatic carbocycles. The van der Waals surface area contributed by atoms with Crippen molar-refractivity contribution in [2.45, 2.75) is 13.8 Å². The molecule has 0 atom stereocenters. The molecule has 27 heavy (non-hydrogen) atoms. The number of hydrogen-bond donors (Lipinski definition) is 0. The van der Waals surface area contributed by atoms with E-state index in [1.54, 1.807) is 18.2 Å². The maximum absolute atomic E-state index is 13.5. The van der Waals surface area contributed by atoms with E-state index in [0.717, 1.165) is 34.1 Å². The summed E-state index contributed by atoms with van der Waals surface area (Å²) in [6, 6.07) is 16.0. The first-order chi connectivity index (χ1) is 13.1. The normalized spacial score (nSPS) is 12.9. The van der Waals surface area contributed by atoms with Gasteiger partial charge in [0.25, 0.3) is 0 Å². The Bertz CT molecular complexity index is 1110. The van der Waals surface area contributed by atoms with Crippen LogP contribution in [-0.2, 0) is 0 Å². The highest BCUT2D eigenvalue weighted by Gasteiger charge is 2.16. The molecule has 2 heterocycles. The topological polar surface area (TPSA) is 47.2 Å². The van der Waals surface area contributed by atoms with Gasteiger partial charge in [-0.3, -0.25) is 0 Å². The van der Waals surface area contributed by atoms with Crippen molar-refractivity contribution in [3.8, 4) is 23.3 Å². The van der Waals surface area contributed by atoms with E-state index in [2.05, 4.69) is 10.6 Å². The summed E-state index contributed by atoms with van der Waals surface area (Å²) in [5, 5.41) is 9.54. The van der Waals surface area contributed by atoms with Crippen molar-refractivity contribution in [1.29, 1.82) is 5.26 Å². The Labute approximate surface area is 156 Å². The van der Waals surface area contributed by atoms with Crippen LogP contribution in [0.25, 0.3) is 17.3 Å². The minimum atomic E-state index is -0.362. The number of nitrogens with zero attached hydrogens (tertiary/aromatic N) is 2. The highest BCUT2D eigenvalue weighted by atomic mass is 19.1. The van der Waals surface area contributed by atoms with Crippen LogP contribution >= 0.6 is 0 Å². The minimum absolute atomic E-state index is 0.232. The summed E-state index contributed by atoms with van der Waals surface area (Å²) in [7, 11) is 0. The molecular formula is C22H17FN2O2. The quantitative estimate of drug-likeness (QED) is 0.616. The molecule has 0 spiro atoms. The van der Waals surface area contributed by atoms with Gasteiger partial charge >= 0.3 is 0 Å². The Hall–Kier alpha value is -3.52. The van der Waals surface area contributed by atoms with E-state index >= 15 is 0 Å². The Kier molecular flexibility index (Phi) is 4.17. The average Bonchev–Trinajstić information content (AvgIpc) is 3.23. The largest absolute Gasteiger partial charge is 0.454 e. The monoisotopic (exact) mass is 360 g/mol. The molecule has 0 amide bonds. The number of hydrogen-bond acceptors (Lipinski definition) is 3. The van der Waals surface area contributed by atoms with Crippen molar-refractivity contribution in [2.75, 3.05) is 6.79 Å². The van der Waals surface area contributed by atoms with Gasteiger partial charge in [-0.2, -0.15) is 5.26 Å². The second kappa shape index (κ2) is 6.65. The van der Waals surface area contributed by atoms with E-state index < -0.39 is 0 Å². The first-order valence-corrected chi connectivity index (χ1v) is 8.53. The number of rotatable bonds is 3. The lowest BCUT2D eigenvalue weighted by Crippen LogP contribution is -1.99. The minimum Gasteiger partial charge on any atom is -0.454 e. The number of aromatic nitrogens is 1. The fourth-order valence-electron chi connectivity index (χ4n) is 3.35. The third-order valence-corrected chi connectivity index (χ3v) is 4.64. The van der Waals surface area contributed by atoms with Crippen LogP contribution < -0.4 is 9.47 Å². The molecule has 5 heteroatoms. The second-order valence-electron chi connectivity index (χ2n) is 6.38. The molecule has 4 rings (SSSR count). The van der Waals surface area contributed by atoms with Crippen LogP contribution in [0.15, 0.2) is 48.5 Å². The molecular weight excluding hydrogens is 343 g/mol. The SMILES string of the molecule is Cc1cc(/C=C(/C#N)c2cccc(F)c2)c(C)n1-c1ccc2c(c1)OCO2. The number of fused-ring (bicyclic) bond motifs is 1. The van der Waals surface area contributed by atoms with Gasteiger partial charge in [0, 0.05) is 23.1 Å². The summed E-state index contributed by atoms with van der Waals surface area (Å²) in [5.74, 6) is 1.09. The summed E-state index contributed by atoms with van der Waals surface area (Å²) in [6.07, 6.45) is 1.79. The predicted molar refractivity (Wildman–Crippen MR) is 101 cm³/mol.